The number of hydrogen-bond donors (Lipinski definition) is 0. The van der Waals surface area contributed by atoms with Crippen LogP contribution in [0.15, 0.2) is 168 Å². The molecule has 3 heterocycles. The molecule has 50 heavy (non-hydrogen) atoms. The second-order valence-electron chi connectivity index (χ2n) is 12.4. The molecule has 10 aromatic rings. The molecule has 0 saturated heterocycles. The molecule has 10 rings (SSSR count). The molecule has 0 spiro atoms. The predicted molar refractivity (Wildman–Crippen MR) is 207 cm³/mol. The molecule has 0 unspecified atom stereocenters. The van der Waals surface area contributed by atoms with Crippen LogP contribution in [0.1, 0.15) is 0 Å². The molecule has 0 aliphatic rings. The van der Waals surface area contributed by atoms with Gasteiger partial charge in [0.05, 0.1) is 0 Å². The number of rotatable bonds is 5. The quantitative estimate of drug-likeness (QED) is 0.185. The molecule has 0 N–H and O–H groups in total. The molecule has 7 aromatic carbocycles. The lowest BCUT2D eigenvalue weighted by molar-refractivity contribution is 0.669. The third-order valence-corrected chi connectivity index (χ3v) is 10.6. The average Bonchev–Trinajstić information content (AvgIpc) is 3.77. The van der Waals surface area contributed by atoms with Crippen LogP contribution in [0.5, 0.6) is 0 Å². The van der Waals surface area contributed by atoms with Gasteiger partial charge >= 0.3 is 0 Å². The van der Waals surface area contributed by atoms with Crippen molar-refractivity contribution < 1.29 is 4.42 Å². The van der Waals surface area contributed by atoms with Crippen LogP contribution in [0.3, 0.4) is 0 Å². The molecule has 0 aliphatic carbocycles. The number of furan rings is 1. The summed E-state index contributed by atoms with van der Waals surface area (Å²) in [6.07, 6.45) is 0. The number of benzene rings is 7. The first-order valence-corrected chi connectivity index (χ1v) is 17.4. The Morgan fingerprint density at radius 3 is 1.66 bits per heavy atom. The van der Waals surface area contributed by atoms with Crippen molar-refractivity contribution in [2.24, 2.45) is 0 Å². The van der Waals surface area contributed by atoms with Crippen LogP contribution in [0.25, 0.3) is 98.5 Å². The van der Waals surface area contributed by atoms with Gasteiger partial charge in [-0.25, -0.2) is 15.0 Å². The van der Waals surface area contributed by atoms with Gasteiger partial charge in [-0.3, -0.25) is 0 Å². The Kier molecular flexibility index (Phi) is 6.64. The van der Waals surface area contributed by atoms with Gasteiger partial charge in [-0.05, 0) is 46.5 Å². The Labute approximate surface area is 292 Å². The largest absolute Gasteiger partial charge is 0.456 e. The van der Waals surface area contributed by atoms with Crippen LogP contribution >= 0.6 is 11.3 Å². The van der Waals surface area contributed by atoms with Crippen molar-refractivity contribution in [2.45, 2.75) is 0 Å². The zero-order valence-corrected chi connectivity index (χ0v) is 27.6. The second kappa shape index (κ2) is 11.6. The number of fused-ring (bicyclic) bond motifs is 6. The van der Waals surface area contributed by atoms with Crippen LogP contribution in [0.4, 0.5) is 0 Å². The van der Waals surface area contributed by atoms with Gasteiger partial charge in [0, 0.05) is 47.6 Å². The molecule has 0 aliphatic heterocycles. The van der Waals surface area contributed by atoms with E-state index < -0.39 is 0 Å². The van der Waals surface area contributed by atoms with Crippen molar-refractivity contribution in [1.29, 1.82) is 0 Å². The molecule has 3 aromatic heterocycles. The van der Waals surface area contributed by atoms with Gasteiger partial charge < -0.3 is 4.42 Å². The Morgan fingerprint density at radius 1 is 0.380 bits per heavy atom. The van der Waals surface area contributed by atoms with E-state index in [2.05, 4.69) is 103 Å². The second-order valence-corrected chi connectivity index (χ2v) is 13.4. The SMILES string of the molecule is c1ccc(-c2nc(-c3ccccc3)nc(-c3ccc4c(c3)oc3cccc(-c5ccc(-c6ccccc6)c6sc7ccccc7c56)c34)n2)cc1. The molecular weight excluding hydrogens is 631 g/mol. The molecule has 0 saturated carbocycles. The van der Waals surface area contributed by atoms with Crippen LogP contribution < -0.4 is 0 Å². The van der Waals surface area contributed by atoms with Gasteiger partial charge in [0.1, 0.15) is 11.2 Å². The number of thiophene rings is 1. The first-order chi connectivity index (χ1) is 24.8. The lowest BCUT2D eigenvalue weighted by Gasteiger charge is -2.11. The van der Waals surface area contributed by atoms with Crippen LogP contribution in [-0.2, 0) is 0 Å². The van der Waals surface area contributed by atoms with Crippen molar-refractivity contribution >= 4 is 53.4 Å². The fourth-order valence-electron chi connectivity index (χ4n) is 7.02. The molecule has 0 radical (unpaired) electrons. The minimum Gasteiger partial charge on any atom is -0.456 e. The monoisotopic (exact) mass is 657 g/mol. The first kappa shape index (κ1) is 28.6. The minimum absolute atomic E-state index is 0.600. The molecular formula is C45H27N3OS. The summed E-state index contributed by atoms with van der Waals surface area (Å²) in [4.78, 5) is 14.8. The van der Waals surface area contributed by atoms with Crippen molar-refractivity contribution in [3.05, 3.63) is 164 Å². The van der Waals surface area contributed by atoms with E-state index in [4.69, 9.17) is 19.4 Å². The van der Waals surface area contributed by atoms with Gasteiger partial charge in [-0.15, -0.1) is 11.3 Å². The molecule has 0 bridgehead atoms. The van der Waals surface area contributed by atoms with Gasteiger partial charge in [0.2, 0.25) is 0 Å². The smallest absolute Gasteiger partial charge is 0.164 e. The summed E-state index contributed by atoms with van der Waals surface area (Å²) in [6, 6.07) is 56.7. The average molecular weight is 658 g/mol. The summed E-state index contributed by atoms with van der Waals surface area (Å²) in [6.45, 7) is 0. The molecule has 5 heteroatoms. The Morgan fingerprint density at radius 2 is 0.960 bits per heavy atom. The summed E-state index contributed by atoms with van der Waals surface area (Å²) in [5.41, 5.74) is 9.21. The van der Waals surface area contributed by atoms with Crippen LogP contribution in [0, 0.1) is 0 Å². The minimum atomic E-state index is 0.600. The van der Waals surface area contributed by atoms with Gasteiger partial charge in [-0.1, -0.05) is 140 Å². The van der Waals surface area contributed by atoms with E-state index in [1.807, 2.05) is 72.0 Å². The summed E-state index contributed by atoms with van der Waals surface area (Å²) in [5, 5.41) is 4.70. The van der Waals surface area contributed by atoms with E-state index in [0.29, 0.717) is 17.5 Å². The highest BCUT2D eigenvalue weighted by Crippen LogP contribution is 2.47. The van der Waals surface area contributed by atoms with Crippen molar-refractivity contribution in [3.8, 4) is 56.4 Å². The lowest BCUT2D eigenvalue weighted by Crippen LogP contribution is -2.00. The zero-order valence-electron chi connectivity index (χ0n) is 26.7. The van der Waals surface area contributed by atoms with Crippen LogP contribution in [0.2, 0.25) is 0 Å². The maximum absolute atomic E-state index is 6.61. The summed E-state index contributed by atoms with van der Waals surface area (Å²) < 4.78 is 9.18. The highest BCUT2D eigenvalue weighted by molar-refractivity contribution is 7.26. The first-order valence-electron chi connectivity index (χ1n) is 16.6. The Hall–Kier alpha value is -6.43. The molecule has 0 atom stereocenters. The van der Waals surface area contributed by atoms with Gasteiger partial charge in [0.15, 0.2) is 17.5 Å². The molecule has 234 valence electrons. The third-order valence-electron chi connectivity index (χ3n) is 9.36. The van der Waals surface area contributed by atoms with E-state index in [9.17, 15) is 0 Å². The summed E-state index contributed by atoms with van der Waals surface area (Å²) in [7, 11) is 0. The number of aromatic nitrogens is 3. The predicted octanol–water partition coefficient (Wildman–Crippen LogP) is 12.5. The molecule has 0 fully saturated rings. The third kappa shape index (κ3) is 4.71. The maximum atomic E-state index is 6.61. The lowest BCUT2D eigenvalue weighted by atomic mass is 9.92. The topological polar surface area (TPSA) is 51.8 Å². The fourth-order valence-corrected chi connectivity index (χ4v) is 8.29. The van der Waals surface area contributed by atoms with Crippen LogP contribution in [-0.4, -0.2) is 15.0 Å². The van der Waals surface area contributed by atoms with E-state index in [1.54, 1.807) is 0 Å². The van der Waals surface area contributed by atoms with E-state index >= 15 is 0 Å². The molecule has 4 nitrogen and oxygen atoms in total. The van der Waals surface area contributed by atoms with E-state index in [1.165, 1.54) is 36.9 Å². The van der Waals surface area contributed by atoms with Crippen molar-refractivity contribution in [1.82, 2.24) is 15.0 Å². The normalized spacial score (nSPS) is 11.6. The number of nitrogens with zero attached hydrogens (tertiary/aromatic N) is 3. The zero-order chi connectivity index (χ0) is 33.0. The van der Waals surface area contributed by atoms with Crippen molar-refractivity contribution in [3.63, 3.8) is 0 Å². The summed E-state index contributed by atoms with van der Waals surface area (Å²) in [5.74, 6) is 1.86. The van der Waals surface area contributed by atoms with E-state index in [0.717, 1.165) is 44.2 Å². The summed E-state index contributed by atoms with van der Waals surface area (Å²) >= 11 is 1.86. The van der Waals surface area contributed by atoms with E-state index in [-0.39, 0.29) is 0 Å². The highest BCUT2D eigenvalue weighted by atomic mass is 32.1. The fraction of sp³-hybridized carbons (Fsp3) is 0. The standard InChI is InChI=1S/C45H27N3OS/c1-4-13-28(14-5-1)32-25-26-34(41-36-19-10-11-22-39(36)50-42(32)41)33-20-12-21-37-40(33)35-24-23-31(27-38(35)49-37)45-47-43(29-15-6-2-7-16-29)46-44(48-45)30-17-8-3-9-18-30/h1-27H. The maximum Gasteiger partial charge on any atom is 0.164 e. The van der Waals surface area contributed by atoms with Gasteiger partial charge in [0.25, 0.3) is 0 Å². The molecule has 0 amide bonds. The Balaban J connectivity index is 1.17. The number of hydrogen-bond acceptors (Lipinski definition) is 5. The Bertz CT molecular complexity index is 2800. The van der Waals surface area contributed by atoms with Gasteiger partial charge in [-0.2, -0.15) is 0 Å². The highest BCUT2D eigenvalue weighted by Gasteiger charge is 2.20. The van der Waals surface area contributed by atoms with Crippen molar-refractivity contribution in [2.75, 3.05) is 0 Å².